The lowest BCUT2D eigenvalue weighted by molar-refractivity contribution is -0.140. The summed E-state index contributed by atoms with van der Waals surface area (Å²) in [6.07, 6.45) is 0. The van der Waals surface area contributed by atoms with Crippen LogP contribution in [0.1, 0.15) is 6.92 Å². The van der Waals surface area contributed by atoms with E-state index < -0.39 is 17.9 Å². The SMILES string of the molecule is CC(=O)NC(CSCC(=O)Nc1ccc(Cl)cc1)C(=O)O. The molecule has 0 aliphatic rings. The van der Waals surface area contributed by atoms with Gasteiger partial charge >= 0.3 is 5.97 Å². The van der Waals surface area contributed by atoms with Crippen LogP contribution in [0.3, 0.4) is 0 Å². The lowest BCUT2D eigenvalue weighted by atomic mass is 10.3. The summed E-state index contributed by atoms with van der Waals surface area (Å²) in [5, 5.41) is 14.4. The van der Waals surface area contributed by atoms with Gasteiger partial charge in [0.15, 0.2) is 0 Å². The highest BCUT2D eigenvalue weighted by Crippen LogP contribution is 2.14. The molecule has 8 heteroatoms. The van der Waals surface area contributed by atoms with E-state index in [2.05, 4.69) is 10.6 Å². The zero-order chi connectivity index (χ0) is 15.8. The predicted molar refractivity (Wildman–Crippen MR) is 82.6 cm³/mol. The first-order valence-corrected chi connectivity index (χ1v) is 7.55. The molecule has 21 heavy (non-hydrogen) atoms. The molecule has 0 fully saturated rings. The Kier molecular flexibility index (Phi) is 7.04. The molecule has 6 nitrogen and oxygen atoms in total. The highest BCUT2D eigenvalue weighted by Gasteiger charge is 2.18. The van der Waals surface area contributed by atoms with Crippen molar-refractivity contribution in [2.45, 2.75) is 13.0 Å². The number of amides is 2. The molecule has 1 rings (SSSR count). The van der Waals surface area contributed by atoms with Crippen LogP contribution in [-0.4, -0.2) is 40.4 Å². The number of hydrogen-bond acceptors (Lipinski definition) is 4. The van der Waals surface area contributed by atoms with Crippen molar-refractivity contribution in [3.63, 3.8) is 0 Å². The summed E-state index contributed by atoms with van der Waals surface area (Å²) in [5.41, 5.74) is 0.613. The maximum Gasteiger partial charge on any atom is 0.327 e. The van der Waals surface area contributed by atoms with Crippen LogP contribution in [0.4, 0.5) is 5.69 Å². The third kappa shape index (κ3) is 7.01. The summed E-state index contributed by atoms with van der Waals surface area (Å²) in [6, 6.07) is 5.64. The van der Waals surface area contributed by atoms with Gasteiger partial charge in [-0.3, -0.25) is 9.59 Å². The van der Waals surface area contributed by atoms with E-state index in [4.69, 9.17) is 16.7 Å². The molecule has 0 radical (unpaired) electrons. The highest BCUT2D eigenvalue weighted by molar-refractivity contribution is 8.00. The molecule has 0 saturated heterocycles. The Morgan fingerprint density at radius 2 is 1.90 bits per heavy atom. The van der Waals surface area contributed by atoms with Gasteiger partial charge in [0.1, 0.15) is 6.04 Å². The van der Waals surface area contributed by atoms with E-state index in [-0.39, 0.29) is 17.4 Å². The molecule has 0 bridgehead atoms. The van der Waals surface area contributed by atoms with Crippen molar-refractivity contribution in [2.24, 2.45) is 0 Å². The number of rotatable bonds is 7. The maximum atomic E-state index is 11.7. The highest BCUT2D eigenvalue weighted by atomic mass is 35.5. The second-order valence-corrected chi connectivity index (χ2v) is 5.63. The number of carbonyl (C=O) groups is 3. The number of carboxylic acid groups (broad SMARTS) is 1. The minimum absolute atomic E-state index is 0.0893. The third-order valence-electron chi connectivity index (χ3n) is 2.32. The van der Waals surface area contributed by atoms with E-state index in [9.17, 15) is 14.4 Å². The molecule has 0 spiro atoms. The number of thioether (sulfide) groups is 1. The van der Waals surface area contributed by atoms with Gasteiger partial charge in [0.05, 0.1) is 5.75 Å². The van der Waals surface area contributed by atoms with Crippen molar-refractivity contribution in [3.05, 3.63) is 29.3 Å². The van der Waals surface area contributed by atoms with Crippen LogP contribution in [0.2, 0.25) is 5.02 Å². The fourth-order valence-corrected chi connectivity index (χ4v) is 2.38. The summed E-state index contributed by atoms with van der Waals surface area (Å²) < 4.78 is 0. The van der Waals surface area contributed by atoms with Crippen molar-refractivity contribution in [1.82, 2.24) is 5.32 Å². The first-order valence-electron chi connectivity index (χ1n) is 6.01. The molecule has 3 N–H and O–H groups in total. The van der Waals surface area contributed by atoms with Crippen molar-refractivity contribution in [1.29, 1.82) is 0 Å². The average Bonchev–Trinajstić information content (AvgIpc) is 2.39. The van der Waals surface area contributed by atoms with E-state index in [1.54, 1.807) is 24.3 Å². The lowest BCUT2D eigenvalue weighted by Crippen LogP contribution is -2.41. The van der Waals surface area contributed by atoms with Crippen LogP contribution >= 0.6 is 23.4 Å². The van der Waals surface area contributed by atoms with Crippen molar-refractivity contribution >= 4 is 46.8 Å². The summed E-state index contributed by atoms with van der Waals surface area (Å²) in [7, 11) is 0. The molecule has 114 valence electrons. The zero-order valence-electron chi connectivity index (χ0n) is 11.3. The smallest absolute Gasteiger partial charge is 0.327 e. The van der Waals surface area contributed by atoms with Gasteiger partial charge in [-0.2, -0.15) is 0 Å². The number of halogens is 1. The van der Waals surface area contributed by atoms with Gasteiger partial charge in [-0.25, -0.2) is 4.79 Å². The maximum absolute atomic E-state index is 11.7. The Balaban J connectivity index is 2.36. The predicted octanol–water partition coefficient (Wildman–Crippen LogP) is 1.60. The fourth-order valence-electron chi connectivity index (χ4n) is 1.42. The Labute approximate surface area is 131 Å². The first kappa shape index (κ1) is 17.3. The monoisotopic (exact) mass is 330 g/mol. The topological polar surface area (TPSA) is 95.5 Å². The van der Waals surface area contributed by atoms with Gasteiger partial charge in [-0.15, -0.1) is 11.8 Å². The minimum Gasteiger partial charge on any atom is -0.480 e. The van der Waals surface area contributed by atoms with E-state index in [1.807, 2.05) is 0 Å². The summed E-state index contributed by atoms with van der Waals surface area (Å²) >= 11 is 6.86. The van der Waals surface area contributed by atoms with Gasteiger partial charge in [0, 0.05) is 23.4 Å². The molecular weight excluding hydrogens is 316 g/mol. The number of hydrogen-bond donors (Lipinski definition) is 3. The molecule has 1 aromatic rings. The van der Waals surface area contributed by atoms with Crippen LogP contribution in [0.15, 0.2) is 24.3 Å². The van der Waals surface area contributed by atoms with Gasteiger partial charge in [-0.1, -0.05) is 11.6 Å². The van der Waals surface area contributed by atoms with Crippen LogP contribution in [0, 0.1) is 0 Å². The van der Waals surface area contributed by atoms with Crippen molar-refractivity contribution in [2.75, 3.05) is 16.8 Å². The molecule has 1 atom stereocenters. The van der Waals surface area contributed by atoms with Gasteiger partial charge < -0.3 is 15.7 Å². The average molecular weight is 331 g/mol. The molecule has 1 aromatic carbocycles. The number of carbonyl (C=O) groups excluding carboxylic acids is 2. The molecule has 0 aliphatic carbocycles. The molecule has 1 unspecified atom stereocenters. The van der Waals surface area contributed by atoms with Crippen molar-refractivity contribution in [3.8, 4) is 0 Å². The Morgan fingerprint density at radius 3 is 2.43 bits per heavy atom. The second-order valence-electron chi connectivity index (χ2n) is 4.16. The van der Waals surface area contributed by atoms with Crippen LogP contribution in [0.25, 0.3) is 0 Å². The zero-order valence-corrected chi connectivity index (χ0v) is 12.8. The molecular formula is C13H15ClN2O4S. The van der Waals surface area contributed by atoms with E-state index in [0.29, 0.717) is 10.7 Å². The van der Waals surface area contributed by atoms with Gasteiger partial charge in [0.25, 0.3) is 0 Å². The largest absolute Gasteiger partial charge is 0.480 e. The lowest BCUT2D eigenvalue weighted by Gasteiger charge is -2.12. The second kappa shape index (κ2) is 8.53. The Bertz CT molecular complexity index is 521. The van der Waals surface area contributed by atoms with E-state index in [1.165, 1.54) is 6.92 Å². The van der Waals surface area contributed by atoms with E-state index >= 15 is 0 Å². The summed E-state index contributed by atoms with van der Waals surface area (Å²) in [5.74, 6) is -1.60. The van der Waals surface area contributed by atoms with Crippen LogP contribution in [0.5, 0.6) is 0 Å². The minimum atomic E-state index is -1.13. The first-order chi connectivity index (χ1) is 9.88. The van der Waals surface area contributed by atoms with Crippen molar-refractivity contribution < 1.29 is 19.5 Å². The van der Waals surface area contributed by atoms with E-state index in [0.717, 1.165) is 11.8 Å². The van der Waals surface area contributed by atoms with Crippen LogP contribution in [-0.2, 0) is 14.4 Å². The number of benzene rings is 1. The fraction of sp³-hybridized carbons (Fsp3) is 0.308. The number of nitrogens with one attached hydrogen (secondary N) is 2. The number of anilines is 1. The number of carboxylic acids is 1. The number of aliphatic carboxylic acids is 1. The van der Waals surface area contributed by atoms with Gasteiger partial charge in [-0.05, 0) is 24.3 Å². The molecule has 0 heterocycles. The summed E-state index contributed by atoms with van der Waals surface area (Å²) in [6.45, 7) is 1.24. The Hall–Kier alpha value is -1.73. The molecule has 2 amide bonds. The van der Waals surface area contributed by atoms with Gasteiger partial charge in [0.2, 0.25) is 11.8 Å². The normalized spacial score (nSPS) is 11.5. The molecule has 0 saturated carbocycles. The standard InChI is InChI=1S/C13H15ClN2O4S/c1-8(17)15-11(13(19)20)6-21-7-12(18)16-10-4-2-9(14)3-5-10/h2-5,11H,6-7H2,1H3,(H,15,17)(H,16,18)(H,19,20). The summed E-state index contributed by atoms with van der Waals surface area (Å²) in [4.78, 5) is 33.4. The third-order valence-corrected chi connectivity index (χ3v) is 3.61. The molecule has 0 aliphatic heterocycles. The Morgan fingerprint density at radius 1 is 1.29 bits per heavy atom. The quantitative estimate of drug-likeness (QED) is 0.705. The molecule has 0 aromatic heterocycles. The van der Waals surface area contributed by atoms with Crippen LogP contribution < -0.4 is 10.6 Å².